The third-order valence-corrected chi connectivity index (χ3v) is 4.88. The zero-order chi connectivity index (χ0) is 16.0. The van der Waals surface area contributed by atoms with Crippen LogP contribution in [-0.2, 0) is 14.3 Å². The molecular formula is C17H18N2O4. The second-order valence-corrected chi connectivity index (χ2v) is 6.17. The number of para-hydroxylation sites is 1. The summed E-state index contributed by atoms with van der Waals surface area (Å²) in [7, 11) is 0. The van der Waals surface area contributed by atoms with Crippen LogP contribution in [0, 0.1) is 11.8 Å². The Labute approximate surface area is 133 Å². The summed E-state index contributed by atoms with van der Waals surface area (Å²) in [5.41, 5.74) is 0.106. The first-order chi connectivity index (χ1) is 11.2. The number of ether oxygens (including phenoxy) is 1. The van der Waals surface area contributed by atoms with E-state index in [2.05, 4.69) is 5.32 Å². The lowest BCUT2D eigenvalue weighted by molar-refractivity contribution is -0.132. The number of fused-ring (bicyclic) bond motifs is 1. The van der Waals surface area contributed by atoms with E-state index in [0.717, 1.165) is 5.69 Å². The van der Waals surface area contributed by atoms with Crippen molar-refractivity contribution in [3.05, 3.63) is 42.5 Å². The fourth-order valence-electron chi connectivity index (χ4n) is 3.92. The molecule has 0 aliphatic carbocycles. The van der Waals surface area contributed by atoms with Gasteiger partial charge in [0.1, 0.15) is 5.60 Å². The van der Waals surface area contributed by atoms with Crippen LogP contribution >= 0.6 is 0 Å². The van der Waals surface area contributed by atoms with Crippen molar-refractivity contribution in [1.29, 1.82) is 0 Å². The van der Waals surface area contributed by atoms with Crippen LogP contribution in [0.1, 0.15) is 0 Å². The molecule has 1 spiro atoms. The van der Waals surface area contributed by atoms with Crippen LogP contribution in [0.3, 0.4) is 0 Å². The summed E-state index contributed by atoms with van der Waals surface area (Å²) in [6.45, 7) is 0.485. The zero-order valence-electron chi connectivity index (χ0n) is 12.5. The molecule has 23 heavy (non-hydrogen) atoms. The van der Waals surface area contributed by atoms with E-state index in [1.165, 1.54) is 0 Å². The smallest absolute Gasteiger partial charge is 0.234 e. The van der Waals surface area contributed by atoms with Gasteiger partial charge in [0.2, 0.25) is 11.8 Å². The van der Waals surface area contributed by atoms with Crippen LogP contribution in [-0.4, -0.2) is 48.3 Å². The van der Waals surface area contributed by atoms with Crippen LogP contribution in [0.5, 0.6) is 0 Å². The summed E-state index contributed by atoms with van der Waals surface area (Å²) in [5.74, 6) is -1.35. The van der Waals surface area contributed by atoms with Crippen LogP contribution < -0.4 is 10.2 Å². The highest BCUT2D eigenvalue weighted by atomic mass is 16.5. The third-order valence-electron chi connectivity index (χ3n) is 4.88. The van der Waals surface area contributed by atoms with Gasteiger partial charge in [0.05, 0.1) is 31.1 Å². The SMILES string of the molecule is O=C(NCCO)[C@H]1[C@H]2C=C[C@]3(CN(c4ccccc4)C(=O)[C@@H]13)O2. The number of hydrogen-bond acceptors (Lipinski definition) is 4. The molecule has 2 amide bonds. The Balaban J connectivity index is 1.65. The molecule has 2 bridgehead atoms. The number of amides is 2. The second kappa shape index (κ2) is 5.18. The number of anilines is 1. The number of hydrogen-bond donors (Lipinski definition) is 2. The van der Waals surface area contributed by atoms with Gasteiger partial charge in [-0.3, -0.25) is 9.59 Å². The number of nitrogens with zero attached hydrogens (tertiary/aromatic N) is 1. The molecule has 0 radical (unpaired) electrons. The van der Waals surface area contributed by atoms with Crippen molar-refractivity contribution in [2.45, 2.75) is 11.7 Å². The summed E-state index contributed by atoms with van der Waals surface area (Å²) in [6.07, 6.45) is 3.45. The maximum atomic E-state index is 12.9. The van der Waals surface area contributed by atoms with Crippen molar-refractivity contribution < 1.29 is 19.4 Å². The molecule has 6 heteroatoms. The molecule has 1 aromatic rings. The standard InChI is InChI=1S/C17H18N2O4/c20-9-8-18-15(21)13-12-6-7-17(23-12)10-19(16(22)14(13)17)11-4-2-1-3-5-11/h1-7,12-14,20H,8-10H2,(H,18,21)/t12-,13+,14-,17-/m1/s1. The molecule has 0 unspecified atom stereocenters. The lowest BCUT2D eigenvalue weighted by Gasteiger charge is -2.23. The van der Waals surface area contributed by atoms with Gasteiger partial charge in [0.25, 0.3) is 0 Å². The van der Waals surface area contributed by atoms with Gasteiger partial charge in [0.15, 0.2) is 0 Å². The van der Waals surface area contributed by atoms with Crippen LogP contribution in [0.25, 0.3) is 0 Å². The van der Waals surface area contributed by atoms with Gasteiger partial charge in [0, 0.05) is 12.2 Å². The van der Waals surface area contributed by atoms with Crippen LogP contribution in [0.15, 0.2) is 42.5 Å². The fraction of sp³-hybridized carbons (Fsp3) is 0.412. The average molecular weight is 314 g/mol. The summed E-state index contributed by atoms with van der Waals surface area (Å²) < 4.78 is 6.02. The van der Waals surface area contributed by atoms with Crippen LogP contribution in [0.2, 0.25) is 0 Å². The molecule has 0 aromatic heterocycles. The summed E-state index contributed by atoms with van der Waals surface area (Å²) in [5, 5.41) is 11.6. The zero-order valence-corrected chi connectivity index (χ0v) is 12.5. The van der Waals surface area contributed by atoms with E-state index in [0.29, 0.717) is 6.54 Å². The van der Waals surface area contributed by atoms with Gasteiger partial charge >= 0.3 is 0 Å². The number of nitrogens with one attached hydrogen (secondary N) is 1. The van der Waals surface area contributed by atoms with E-state index < -0.39 is 17.4 Å². The van der Waals surface area contributed by atoms with E-state index in [1.54, 1.807) is 4.90 Å². The predicted octanol–water partition coefficient (Wildman–Crippen LogP) is 0.0815. The van der Waals surface area contributed by atoms with Crippen molar-refractivity contribution in [2.75, 3.05) is 24.6 Å². The van der Waals surface area contributed by atoms with Crippen molar-refractivity contribution in [3.63, 3.8) is 0 Å². The summed E-state index contributed by atoms with van der Waals surface area (Å²) in [6, 6.07) is 9.43. The number of aliphatic hydroxyl groups is 1. The highest BCUT2D eigenvalue weighted by Crippen LogP contribution is 2.52. The summed E-state index contributed by atoms with van der Waals surface area (Å²) >= 11 is 0. The van der Waals surface area contributed by atoms with Gasteiger partial charge in [-0.2, -0.15) is 0 Å². The Morgan fingerprint density at radius 3 is 2.91 bits per heavy atom. The number of rotatable bonds is 4. The Morgan fingerprint density at radius 2 is 2.17 bits per heavy atom. The largest absolute Gasteiger partial charge is 0.395 e. The molecule has 3 aliphatic heterocycles. The molecule has 0 saturated carbocycles. The molecule has 4 rings (SSSR count). The van der Waals surface area contributed by atoms with Crippen molar-refractivity contribution in [1.82, 2.24) is 5.32 Å². The molecule has 120 valence electrons. The van der Waals surface area contributed by atoms with Gasteiger partial charge in [-0.15, -0.1) is 0 Å². The number of carbonyl (C=O) groups excluding carboxylic acids is 2. The lowest BCUT2D eigenvalue weighted by atomic mass is 9.77. The molecule has 6 nitrogen and oxygen atoms in total. The Morgan fingerprint density at radius 1 is 1.39 bits per heavy atom. The maximum absolute atomic E-state index is 12.9. The number of carbonyl (C=O) groups is 2. The van der Waals surface area contributed by atoms with Gasteiger partial charge in [-0.05, 0) is 12.1 Å². The first-order valence-corrected chi connectivity index (χ1v) is 7.78. The molecule has 1 aromatic carbocycles. The highest BCUT2D eigenvalue weighted by molar-refractivity contribution is 6.03. The average Bonchev–Trinajstić information content (AvgIpc) is 3.22. The van der Waals surface area contributed by atoms with E-state index in [1.807, 2.05) is 42.5 Å². The predicted molar refractivity (Wildman–Crippen MR) is 82.6 cm³/mol. The first-order valence-electron chi connectivity index (χ1n) is 7.78. The minimum absolute atomic E-state index is 0.0767. The molecule has 2 saturated heterocycles. The highest BCUT2D eigenvalue weighted by Gasteiger charge is 2.66. The molecule has 3 heterocycles. The molecule has 2 fully saturated rings. The Bertz CT molecular complexity index is 674. The topological polar surface area (TPSA) is 78.9 Å². The van der Waals surface area contributed by atoms with Crippen molar-refractivity contribution in [2.24, 2.45) is 11.8 Å². The van der Waals surface area contributed by atoms with E-state index >= 15 is 0 Å². The minimum Gasteiger partial charge on any atom is -0.395 e. The van der Waals surface area contributed by atoms with Gasteiger partial charge < -0.3 is 20.1 Å². The van der Waals surface area contributed by atoms with Crippen molar-refractivity contribution >= 4 is 17.5 Å². The number of aliphatic hydroxyl groups excluding tert-OH is 1. The minimum atomic E-state index is -0.710. The van der Waals surface area contributed by atoms with Crippen molar-refractivity contribution in [3.8, 4) is 0 Å². The second-order valence-electron chi connectivity index (χ2n) is 6.17. The maximum Gasteiger partial charge on any atom is 0.234 e. The molecule has 3 aliphatic rings. The molecular weight excluding hydrogens is 296 g/mol. The summed E-state index contributed by atoms with van der Waals surface area (Å²) in [4.78, 5) is 27.1. The van der Waals surface area contributed by atoms with E-state index in [9.17, 15) is 9.59 Å². The number of benzene rings is 1. The Kier molecular flexibility index (Phi) is 3.25. The Hall–Kier alpha value is -2.18. The van der Waals surface area contributed by atoms with Gasteiger partial charge in [-0.25, -0.2) is 0 Å². The monoisotopic (exact) mass is 314 g/mol. The van der Waals surface area contributed by atoms with Crippen LogP contribution in [0.4, 0.5) is 5.69 Å². The molecule has 2 N–H and O–H groups in total. The fourth-order valence-corrected chi connectivity index (χ4v) is 3.92. The van der Waals surface area contributed by atoms with E-state index in [4.69, 9.17) is 9.84 Å². The third kappa shape index (κ3) is 2.02. The normalized spacial score (nSPS) is 34.0. The van der Waals surface area contributed by atoms with E-state index in [-0.39, 0.29) is 31.1 Å². The first kappa shape index (κ1) is 14.4. The van der Waals surface area contributed by atoms with Gasteiger partial charge in [-0.1, -0.05) is 30.4 Å². The quantitative estimate of drug-likeness (QED) is 0.772. The lowest BCUT2D eigenvalue weighted by Crippen LogP contribution is -2.44. The molecule has 4 atom stereocenters.